The molecule has 0 amide bonds. The lowest BCUT2D eigenvalue weighted by molar-refractivity contribution is 0.144. The van der Waals surface area contributed by atoms with Crippen LogP contribution in [0, 0.1) is 0 Å². The molecule has 6 heteroatoms. The Kier molecular flexibility index (Phi) is 4.03. The van der Waals surface area contributed by atoms with Crippen LogP contribution >= 0.6 is 0 Å². The van der Waals surface area contributed by atoms with Gasteiger partial charge in [0.05, 0.1) is 18.8 Å². The molecule has 0 radical (unpaired) electrons. The highest BCUT2D eigenvalue weighted by Crippen LogP contribution is 2.37. The normalized spacial score (nSPS) is 12.9. The molecule has 0 aromatic heterocycles. The molecule has 0 spiro atoms. The van der Waals surface area contributed by atoms with Crippen molar-refractivity contribution < 1.29 is 23.7 Å². The van der Waals surface area contributed by atoms with Gasteiger partial charge in [-0.05, 0) is 12.1 Å². The van der Waals surface area contributed by atoms with E-state index in [4.69, 9.17) is 10.5 Å². The number of phenols is 1. The predicted molar refractivity (Wildman–Crippen MR) is 53.6 cm³/mol. The summed E-state index contributed by atoms with van der Waals surface area (Å²) in [6.07, 6.45) is -4.05. The summed E-state index contributed by atoms with van der Waals surface area (Å²) in [7, 11) is 1.31. The maximum Gasteiger partial charge on any atom is 0.267 e. The molecule has 1 aromatic carbocycles. The average molecular weight is 233 g/mol. The highest BCUT2D eigenvalue weighted by Gasteiger charge is 2.21. The number of alkyl halides is 2. The van der Waals surface area contributed by atoms with Crippen LogP contribution in [0.4, 0.5) is 8.78 Å². The van der Waals surface area contributed by atoms with Gasteiger partial charge >= 0.3 is 0 Å². The standard InChI is InChI=1S/C10H13F2NO3/c1-16-5-2-6(8(14)4-13)9(15)7(3-5)10(11)12/h2-3,8,10,14-15H,4,13H2,1H3. The predicted octanol–water partition coefficient (Wildman–Crippen LogP) is 1.33. The lowest BCUT2D eigenvalue weighted by atomic mass is 10.0. The zero-order chi connectivity index (χ0) is 12.3. The monoisotopic (exact) mass is 233 g/mol. The first kappa shape index (κ1) is 12.7. The van der Waals surface area contributed by atoms with Crippen molar-refractivity contribution in [2.75, 3.05) is 13.7 Å². The van der Waals surface area contributed by atoms with E-state index in [1.807, 2.05) is 0 Å². The van der Waals surface area contributed by atoms with Crippen LogP contribution in [0.15, 0.2) is 12.1 Å². The Morgan fingerprint density at radius 1 is 1.38 bits per heavy atom. The van der Waals surface area contributed by atoms with Crippen molar-refractivity contribution in [2.45, 2.75) is 12.5 Å². The second kappa shape index (κ2) is 5.09. The largest absolute Gasteiger partial charge is 0.507 e. The lowest BCUT2D eigenvalue weighted by Gasteiger charge is -2.15. The zero-order valence-electron chi connectivity index (χ0n) is 8.65. The van der Waals surface area contributed by atoms with Crippen molar-refractivity contribution >= 4 is 0 Å². The van der Waals surface area contributed by atoms with E-state index in [0.717, 1.165) is 6.07 Å². The van der Waals surface area contributed by atoms with Gasteiger partial charge in [0, 0.05) is 12.1 Å². The van der Waals surface area contributed by atoms with Crippen molar-refractivity contribution in [1.82, 2.24) is 0 Å². The smallest absolute Gasteiger partial charge is 0.267 e. The molecule has 0 saturated carbocycles. The minimum Gasteiger partial charge on any atom is -0.507 e. The number of aliphatic hydroxyl groups excluding tert-OH is 1. The Morgan fingerprint density at radius 2 is 1.94 bits per heavy atom. The number of phenolic OH excluding ortho intramolecular Hbond substituents is 1. The van der Waals surface area contributed by atoms with Crippen molar-refractivity contribution in [2.24, 2.45) is 5.73 Å². The summed E-state index contributed by atoms with van der Waals surface area (Å²) in [5.41, 5.74) is 4.56. The lowest BCUT2D eigenvalue weighted by Crippen LogP contribution is -2.12. The van der Waals surface area contributed by atoms with E-state index in [1.165, 1.54) is 13.2 Å². The molecule has 1 aromatic rings. The first-order valence-electron chi connectivity index (χ1n) is 4.58. The highest BCUT2D eigenvalue weighted by atomic mass is 19.3. The van der Waals surface area contributed by atoms with Gasteiger partial charge in [-0.1, -0.05) is 0 Å². The minimum absolute atomic E-state index is 0.0582. The van der Waals surface area contributed by atoms with E-state index in [9.17, 15) is 19.0 Å². The van der Waals surface area contributed by atoms with Crippen LogP contribution in [-0.4, -0.2) is 23.9 Å². The zero-order valence-corrected chi connectivity index (χ0v) is 8.65. The number of hydrogen-bond acceptors (Lipinski definition) is 4. The first-order chi connectivity index (χ1) is 7.51. The maximum absolute atomic E-state index is 12.6. The minimum atomic E-state index is -2.85. The number of aromatic hydroxyl groups is 1. The van der Waals surface area contributed by atoms with Gasteiger partial charge < -0.3 is 20.7 Å². The van der Waals surface area contributed by atoms with Crippen LogP contribution in [0.1, 0.15) is 23.7 Å². The summed E-state index contributed by atoms with van der Waals surface area (Å²) in [6, 6.07) is 2.30. The molecule has 0 aliphatic heterocycles. The molecule has 0 aliphatic carbocycles. The Labute approximate surface area is 91.3 Å². The number of halogens is 2. The van der Waals surface area contributed by atoms with Crippen molar-refractivity contribution in [3.63, 3.8) is 0 Å². The van der Waals surface area contributed by atoms with Crippen LogP contribution in [0.2, 0.25) is 0 Å². The van der Waals surface area contributed by atoms with Gasteiger partial charge in [-0.25, -0.2) is 8.78 Å². The highest BCUT2D eigenvalue weighted by molar-refractivity contribution is 5.48. The second-order valence-corrected chi connectivity index (χ2v) is 3.21. The van der Waals surface area contributed by atoms with Crippen LogP contribution in [-0.2, 0) is 0 Å². The van der Waals surface area contributed by atoms with Crippen LogP contribution in [0.25, 0.3) is 0 Å². The maximum atomic E-state index is 12.6. The third-order valence-corrected chi connectivity index (χ3v) is 2.20. The number of methoxy groups -OCH3 is 1. The van der Waals surface area contributed by atoms with Gasteiger partial charge in [0.25, 0.3) is 6.43 Å². The van der Waals surface area contributed by atoms with Gasteiger partial charge in [0.1, 0.15) is 11.5 Å². The third-order valence-electron chi connectivity index (χ3n) is 2.20. The van der Waals surface area contributed by atoms with E-state index in [-0.39, 0.29) is 17.9 Å². The molecule has 16 heavy (non-hydrogen) atoms. The van der Waals surface area contributed by atoms with E-state index in [1.54, 1.807) is 0 Å². The Balaban J connectivity index is 3.31. The summed E-state index contributed by atoms with van der Waals surface area (Å²) >= 11 is 0. The fourth-order valence-electron chi connectivity index (χ4n) is 1.32. The molecule has 4 N–H and O–H groups in total. The molecule has 0 saturated heterocycles. The first-order valence-corrected chi connectivity index (χ1v) is 4.58. The topological polar surface area (TPSA) is 75.7 Å². The van der Waals surface area contributed by atoms with Gasteiger partial charge in [0.15, 0.2) is 0 Å². The fourth-order valence-corrected chi connectivity index (χ4v) is 1.32. The number of ether oxygens (including phenoxy) is 1. The Morgan fingerprint density at radius 3 is 2.38 bits per heavy atom. The molecular weight excluding hydrogens is 220 g/mol. The van der Waals surface area contributed by atoms with Gasteiger partial charge in [-0.3, -0.25) is 0 Å². The van der Waals surface area contributed by atoms with Crippen LogP contribution < -0.4 is 10.5 Å². The summed E-state index contributed by atoms with van der Waals surface area (Å²) < 4.78 is 29.9. The van der Waals surface area contributed by atoms with Crippen molar-refractivity contribution in [3.05, 3.63) is 23.3 Å². The Hall–Kier alpha value is -1.40. The molecule has 1 unspecified atom stereocenters. The number of hydrogen-bond donors (Lipinski definition) is 3. The van der Waals surface area contributed by atoms with E-state index >= 15 is 0 Å². The molecule has 0 bridgehead atoms. The van der Waals surface area contributed by atoms with Crippen molar-refractivity contribution in [3.8, 4) is 11.5 Å². The molecule has 4 nitrogen and oxygen atoms in total. The molecule has 1 atom stereocenters. The van der Waals surface area contributed by atoms with E-state index in [2.05, 4.69) is 0 Å². The molecule has 1 rings (SSSR count). The molecule has 90 valence electrons. The summed E-state index contributed by atoms with van der Waals surface area (Å²) in [5.74, 6) is -0.510. The van der Waals surface area contributed by atoms with Crippen molar-refractivity contribution in [1.29, 1.82) is 0 Å². The Bertz CT molecular complexity index is 371. The summed E-state index contributed by atoms with van der Waals surface area (Å²) in [5, 5.41) is 19.0. The number of rotatable bonds is 4. The number of aliphatic hydroxyl groups is 1. The number of nitrogens with two attached hydrogens (primary N) is 1. The molecule has 0 aliphatic rings. The second-order valence-electron chi connectivity index (χ2n) is 3.21. The average Bonchev–Trinajstić information content (AvgIpc) is 2.28. The summed E-state index contributed by atoms with van der Waals surface area (Å²) in [6.45, 7) is -0.177. The molecule has 0 heterocycles. The van der Waals surface area contributed by atoms with Crippen LogP contribution in [0.3, 0.4) is 0 Å². The van der Waals surface area contributed by atoms with Gasteiger partial charge in [0.2, 0.25) is 0 Å². The molecular formula is C10H13F2NO3. The third kappa shape index (κ3) is 2.40. The van der Waals surface area contributed by atoms with Gasteiger partial charge in [-0.2, -0.15) is 0 Å². The SMILES string of the molecule is COc1cc(C(F)F)c(O)c(C(O)CN)c1. The van der Waals surface area contributed by atoms with Gasteiger partial charge in [-0.15, -0.1) is 0 Å². The van der Waals surface area contributed by atoms with E-state index in [0.29, 0.717) is 0 Å². The molecule has 0 fully saturated rings. The van der Waals surface area contributed by atoms with Crippen LogP contribution in [0.5, 0.6) is 11.5 Å². The summed E-state index contributed by atoms with van der Waals surface area (Å²) in [4.78, 5) is 0. The quantitative estimate of drug-likeness (QED) is 0.733. The number of benzene rings is 1. The fraction of sp³-hybridized carbons (Fsp3) is 0.400. The van der Waals surface area contributed by atoms with E-state index < -0.39 is 23.8 Å².